The minimum absolute atomic E-state index is 0.0894. The zero-order chi connectivity index (χ0) is 13.2. The summed E-state index contributed by atoms with van der Waals surface area (Å²) >= 11 is 0. The summed E-state index contributed by atoms with van der Waals surface area (Å²) in [5, 5.41) is 0.310. The van der Waals surface area contributed by atoms with E-state index in [2.05, 4.69) is 15.0 Å². The second-order valence-corrected chi connectivity index (χ2v) is 3.84. The van der Waals surface area contributed by atoms with Crippen molar-refractivity contribution in [3.05, 3.63) is 18.0 Å². The molecule has 0 saturated carbocycles. The molecule has 0 saturated heterocycles. The van der Waals surface area contributed by atoms with Gasteiger partial charge in [0.1, 0.15) is 11.3 Å². The van der Waals surface area contributed by atoms with Crippen LogP contribution < -0.4 is 4.74 Å². The molecule has 0 amide bonds. The van der Waals surface area contributed by atoms with Crippen LogP contribution >= 0.6 is 0 Å². The lowest BCUT2D eigenvalue weighted by molar-refractivity contribution is -0.140. The Morgan fingerprint density at radius 1 is 1.39 bits per heavy atom. The number of unbranched alkanes of at least 4 members (excludes halogenated alkanes) is 1. The first kappa shape index (κ1) is 12.7. The lowest BCUT2D eigenvalue weighted by atomic mass is 10.3. The SMILES string of the molecule is CCCCOc1ncc2cc(C(F)(F)F)[nH]c2n1. The van der Waals surface area contributed by atoms with Crippen molar-refractivity contribution in [1.29, 1.82) is 0 Å². The van der Waals surface area contributed by atoms with Crippen LogP contribution in [0.5, 0.6) is 6.01 Å². The van der Waals surface area contributed by atoms with Crippen LogP contribution in [0.3, 0.4) is 0 Å². The molecule has 2 aromatic rings. The van der Waals surface area contributed by atoms with Gasteiger partial charge in [-0.1, -0.05) is 13.3 Å². The lowest BCUT2D eigenvalue weighted by Crippen LogP contribution is -2.04. The van der Waals surface area contributed by atoms with Gasteiger partial charge in [0.15, 0.2) is 0 Å². The molecule has 0 aliphatic carbocycles. The Morgan fingerprint density at radius 2 is 2.17 bits per heavy atom. The van der Waals surface area contributed by atoms with Gasteiger partial charge in [-0.3, -0.25) is 0 Å². The molecule has 0 radical (unpaired) electrons. The van der Waals surface area contributed by atoms with E-state index in [9.17, 15) is 13.2 Å². The molecule has 7 heteroatoms. The molecule has 0 spiro atoms. The number of nitrogens with zero attached hydrogens (tertiary/aromatic N) is 2. The Labute approximate surface area is 101 Å². The number of hydrogen-bond donors (Lipinski definition) is 1. The van der Waals surface area contributed by atoms with E-state index in [0.29, 0.717) is 12.0 Å². The number of alkyl halides is 3. The van der Waals surface area contributed by atoms with Crippen LogP contribution in [0.2, 0.25) is 0 Å². The molecule has 98 valence electrons. The second-order valence-electron chi connectivity index (χ2n) is 3.84. The van der Waals surface area contributed by atoms with Crippen molar-refractivity contribution < 1.29 is 17.9 Å². The van der Waals surface area contributed by atoms with Crippen LogP contribution in [0.15, 0.2) is 12.3 Å². The predicted molar refractivity (Wildman–Crippen MR) is 59.3 cm³/mol. The van der Waals surface area contributed by atoms with Crippen molar-refractivity contribution in [2.75, 3.05) is 6.61 Å². The highest BCUT2D eigenvalue weighted by molar-refractivity contribution is 5.75. The van der Waals surface area contributed by atoms with Gasteiger partial charge in [-0.15, -0.1) is 0 Å². The van der Waals surface area contributed by atoms with Crippen LogP contribution in [0.1, 0.15) is 25.5 Å². The van der Waals surface area contributed by atoms with Crippen molar-refractivity contribution >= 4 is 11.0 Å². The van der Waals surface area contributed by atoms with Gasteiger partial charge in [0.2, 0.25) is 0 Å². The van der Waals surface area contributed by atoms with Gasteiger partial charge < -0.3 is 9.72 Å². The lowest BCUT2D eigenvalue weighted by Gasteiger charge is -2.02. The van der Waals surface area contributed by atoms with Crippen molar-refractivity contribution in [3.8, 4) is 6.01 Å². The smallest absolute Gasteiger partial charge is 0.431 e. The maximum atomic E-state index is 12.5. The molecule has 2 aromatic heterocycles. The number of halogens is 3. The topological polar surface area (TPSA) is 50.8 Å². The third kappa shape index (κ3) is 2.72. The van der Waals surface area contributed by atoms with Crippen LogP contribution in [0.4, 0.5) is 13.2 Å². The Hall–Kier alpha value is -1.79. The normalized spacial score (nSPS) is 12.0. The molecule has 0 unspecified atom stereocenters. The summed E-state index contributed by atoms with van der Waals surface area (Å²) in [6, 6.07) is 1.07. The van der Waals surface area contributed by atoms with Crippen LogP contribution in [0.25, 0.3) is 11.0 Å². The van der Waals surface area contributed by atoms with Crippen molar-refractivity contribution in [2.24, 2.45) is 0 Å². The molecular weight excluding hydrogens is 247 g/mol. The molecule has 0 fully saturated rings. The first-order chi connectivity index (χ1) is 8.50. The fourth-order valence-corrected chi connectivity index (χ4v) is 1.43. The Balaban J connectivity index is 2.23. The monoisotopic (exact) mass is 259 g/mol. The molecule has 0 atom stereocenters. The summed E-state index contributed by atoms with van der Waals surface area (Å²) in [4.78, 5) is 9.96. The molecule has 1 N–H and O–H groups in total. The number of H-pyrrole nitrogens is 1. The Morgan fingerprint density at radius 3 is 2.83 bits per heavy atom. The van der Waals surface area contributed by atoms with E-state index in [1.807, 2.05) is 6.92 Å². The minimum Gasteiger partial charge on any atom is -0.463 e. The third-order valence-electron chi connectivity index (χ3n) is 2.38. The highest BCUT2D eigenvalue weighted by Crippen LogP contribution is 2.30. The van der Waals surface area contributed by atoms with Crippen LogP contribution in [0, 0.1) is 0 Å². The summed E-state index contributed by atoms with van der Waals surface area (Å²) in [7, 11) is 0. The van der Waals surface area contributed by atoms with Gasteiger partial charge in [-0.25, -0.2) is 4.98 Å². The molecule has 18 heavy (non-hydrogen) atoms. The number of hydrogen-bond acceptors (Lipinski definition) is 3. The van der Waals surface area contributed by atoms with Crippen molar-refractivity contribution in [2.45, 2.75) is 25.9 Å². The number of aromatic nitrogens is 3. The maximum absolute atomic E-state index is 12.5. The van der Waals surface area contributed by atoms with E-state index >= 15 is 0 Å². The van der Waals surface area contributed by atoms with E-state index < -0.39 is 11.9 Å². The predicted octanol–water partition coefficient (Wildman–Crippen LogP) is 3.16. The molecule has 0 aromatic carbocycles. The summed E-state index contributed by atoms with van der Waals surface area (Å²) in [5.74, 6) is 0. The molecule has 0 aliphatic heterocycles. The molecule has 4 nitrogen and oxygen atoms in total. The summed E-state index contributed by atoms with van der Waals surface area (Å²) in [5.41, 5.74) is -0.707. The standard InChI is InChI=1S/C11H12F3N3O/c1-2-3-4-18-10-15-6-7-5-8(11(12,13)14)16-9(7)17-10/h5-6H,2-4H2,1H3,(H,15,16,17). The maximum Gasteiger partial charge on any atom is 0.431 e. The highest BCUT2D eigenvalue weighted by Gasteiger charge is 2.32. The summed E-state index contributed by atoms with van der Waals surface area (Å²) in [6.07, 6.45) is -1.29. The van der Waals surface area contributed by atoms with E-state index in [1.165, 1.54) is 6.20 Å². The zero-order valence-corrected chi connectivity index (χ0v) is 9.71. The van der Waals surface area contributed by atoms with Gasteiger partial charge in [-0.05, 0) is 12.5 Å². The number of fused-ring (bicyclic) bond motifs is 1. The summed E-state index contributed by atoms with van der Waals surface area (Å²) < 4.78 is 42.6. The van der Waals surface area contributed by atoms with E-state index in [0.717, 1.165) is 18.9 Å². The van der Waals surface area contributed by atoms with Gasteiger partial charge in [0.25, 0.3) is 0 Å². The quantitative estimate of drug-likeness (QED) is 0.858. The largest absolute Gasteiger partial charge is 0.463 e. The third-order valence-corrected chi connectivity index (χ3v) is 2.38. The first-order valence-electron chi connectivity index (χ1n) is 5.56. The zero-order valence-electron chi connectivity index (χ0n) is 9.71. The number of rotatable bonds is 4. The van der Waals surface area contributed by atoms with E-state index in [4.69, 9.17) is 4.74 Å². The van der Waals surface area contributed by atoms with Gasteiger partial charge in [-0.2, -0.15) is 18.2 Å². The minimum atomic E-state index is -4.41. The van der Waals surface area contributed by atoms with Gasteiger partial charge in [0.05, 0.1) is 6.61 Å². The average molecular weight is 259 g/mol. The fraction of sp³-hybridized carbons (Fsp3) is 0.455. The first-order valence-corrected chi connectivity index (χ1v) is 5.56. The van der Waals surface area contributed by atoms with Crippen LogP contribution in [-0.4, -0.2) is 21.6 Å². The molecule has 0 bridgehead atoms. The molecule has 2 rings (SSSR count). The summed E-state index contributed by atoms with van der Waals surface area (Å²) in [6.45, 7) is 2.46. The Kier molecular flexibility index (Phi) is 3.40. The fourth-order valence-electron chi connectivity index (χ4n) is 1.43. The number of aromatic amines is 1. The molecule has 2 heterocycles. The number of nitrogens with one attached hydrogen (secondary N) is 1. The average Bonchev–Trinajstić information content (AvgIpc) is 2.72. The van der Waals surface area contributed by atoms with Crippen molar-refractivity contribution in [3.63, 3.8) is 0 Å². The van der Waals surface area contributed by atoms with Gasteiger partial charge in [0, 0.05) is 11.6 Å². The number of ether oxygens (including phenoxy) is 1. The van der Waals surface area contributed by atoms with Gasteiger partial charge >= 0.3 is 12.2 Å². The van der Waals surface area contributed by atoms with E-state index in [1.54, 1.807) is 0 Å². The molecular formula is C11H12F3N3O. The Bertz CT molecular complexity index is 536. The molecule has 0 aliphatic rings. The van der Waals surface area contributed by atoms with Crippen LogP contribution in [-0.2, 0) is 6.18 Å². The van der Waals surface area contributed by atoms with E-state index in [-0.39, 0.29) is 11.7 Å². The van der Waals surface area contributed by atoms with Crippen molar-refractivity contribution in [1.82, 2.24) is 15.0 Å². The second kappa shape index (κ2) is 4.83. The highest BCUT2D eigenvalue weighted by atomic mass is 19.4.